The number of carbonyl (C=O) groups is 1. The van der Waals surface area contributed by atoms with Crippen LogP contribution in [0.1, 0.15) is 13.8 Å². The summed E-state index contributed by atoms with van der Waals surface area (Å²) in [6, 6.07) is 0. The summed E-state index contributed by atoms with van der Waals surface area (Å²) in [5.41, 5.74) is 0. The van der Waals surface area contributed by atoms with Crippen LogP contribution in [0.15, 0.2) is 0 Å². The lowest BCUT2D eigenvalue weighted by atomic mass is 10.8. The molecule has 0 saturated heterocycles. The summed E-state index contributed by atoms with van der Waals surface area (Å²) in [7, 11) is 3.25. The number of aliphatic hydroxyl groups is 2. The minimum Gasteiger partial charge on any atom is -0.466 e. The van der Waals surface area contributed by atoms with Gasteiger partial charge in [-0.25, -0.2) is 0 Å². The van der Waals surface area contributed by atoms with Gasteiger partial charge in [0.2, 0.25) is 0 Å². The summed E-state index contributed by atoms with van der Waals surface area (Å²) >= 11 is 0. The maximum Gasteiger partial charge on any atom is 0.302 e. The van der Waals surface area contributed by atoms with Crippen LogP contribution < -0.4 is 0 Å². The van der Waals surface area contributed by atoms with Gasteiger partial charge in [-0.15, -0.1) is 0 Å². The van der Waals surface area contributed by atoms with E-state index in [0.29, 0.717) is 6.61 Å². The number of ether oxygens (including phenoxy) is 2. The molecule has 0 aliphatic carbocycles. The van der Waals surface area contributed by atoms with Crippen LogP contribution in [0.25, 0.3) is 0 Å². The monoisotopic (exact) mass is 196 g/mol. The van der Waals surface area contributed by atoms with Gasteiger partial charge in [0.1, 0.15) is 0 Å². The van der Waals surface area contributed by atoms with E-state index in [-0.39, 0.29) is 19.2 Å². The van der Waals surface area contributed by atoms with Crippen LogP contribution in [0.5, 0.6) is 0 Å². The second-order valence-electron chi connectivity index (χ2n) is 1.78. The Labute approximate surface area is 79.3 Å². The molecule has 0 aliphatic heterocycles. The highest BCUT2D eigenvalue weighted by Gasteiger charge is 1.81. The lowest BCUT2D eigenvalue weighted by Crippen LogP contribution is -1.95. The molecule has 0 atom stereocenters. The van der Waals surface area contributed by atoms with Gasteiger partial charge >= 0.3 is 5.97 Å². The van der Waals surface area contributed by atoms with Crippen LogP contribution in [-0.4, -0.2) is 50.2 Å². The fourth-order valence-corrected chi connectivity index (χ4v) is 0.203. The molecule has 0 amide bonds. The average molecular weight is 196 g/mol. The zero-order valence-electron chi connectivity index (χ0n) is 8.74. The van der Waals surface area contributed by atoms with E-state index in [4.69, 9.17) is 10.2 Å². The Morgan fingerprint density at radius 3 is 1.54 bits per heavy atom. The quantitative estimate of drug-likeness (QED) is 0.598. The Hall–Kier alpha value is -0.650. The number of hydrogen-bond acceptors (Lipinski definition) is 5. The van der Waals surface area contributed by atoms with Crippen molar-refractivity contribution in [1.29, 1.82) is 0 Å². The van der Waals surface area contributed by atoms with Crippen molar-refractivity contribution in [2.75, 3.05) is 34.0 Å². The summed E-state index contributed by atoms with van der Waals surface area (Å²) in [4.78, 5) is 9.82. The van der Waals surface area contributed by atoms with Gasteiger partial charge in [0.05, 0.1) is 19.8 Å². The van der Waals surface area contributed by atoms with E-state index in [1.807, 2.05) is 0 Å². The van der Waals surface area contributed by atoms with Crippen molar-refractivity contribution < 1.29 is 24.5 Å². The highest BCUT2D eigenvalue weighted by atomic mass is 16.5. The first kappa shape index (κ1) is 18.2. The van der Waals surface area contributed by atoms with Gasteiger partial charge < -0.3 is 19.7 Å². The molecular formula is C8H20O5. The Kier molecular flexibility index (Phi) is 31.5. The molecule has 0 fully saturated rings. The van der Waals surface area contributed by atoms with E-state index >= 15 is 0 Å². The van der Waals surface area contributed by atoms with Gasteiger partial charge in [0, 0.05) is 21.1 Å². The maximum absolute atomic E-state index is 9.82. The second-order valence-corrected chi connectivity index (χ2v) is 1.78. The molecule has 0 rings (SSSR count). The number of methoxy groups -OCH3 is 1. The molecule has 0 radical (unpaired) electrons. The standard InChI is InChI=1S/C4H8O2.C2H6O2.C2H6O/c1-3-6-4(2)5;3-1-2-4;1-3-2/h3H2,1-2H3;3-4H,1-2H2;1-2H3. The summed E-state index contributed by atoms with van der Waals surface area (Å²) < 4.78 is 8.65. The molecule has 2 N–H and O–H groups in total. The first-order valence-electron chi connectivity index (χ1n) is 3.85. The summed E-state index contributed by atoms with van der Waals surface area (Å²) in [6.07, 6.45) is 0. The van der Waals surface area contributed by atoms with Gasteiger partial charge in [0.25, 0.3) is 0 Å². The third-order valence-corrected chi connectivity index (χ3v) is 0.448. The van der Waals surface area contributed by atoms with E-state index in [2.05, 4.69) is 9.47 Å². The minimum atomic E-state index is -0.211. The molecule has 0 saturated carbocycles. The van der Waals surface area contributed by atoms with Gasteiger partial charge in [-0.05, 0) is 6.92 Å². The molecule has 0 spiro atoms. The zero-order chi connectivity index (χ0) is 11.1. The van der Waals surface area contributed by atoms with E-state index in [1.165, 1.54) is 6.92 Å². The van der Waals surface area contributed by atoms with Crippen LogP contribution in [0.4, 0.5) is 0 Å². The van der Waals surface area contributed by atoms with Gasteiger partial charge in [-0.1, -0.05) is 0 Å². The highest BCUT2D eigenvalue weighted by Crippen LogP contribution is 1.69. The molecule has 13 heavy (non-hydrogen) atoms. The van der Waals surface area contributed by atoms with Crippen LogP contribution in [-0.2, 0) is 14.3 Å². The van der Waals surface area contributed by atoms with Gasteiger partial charge in [-0.2, -0.15) is 0 Å². The molecule has 5 heteroatoms. The number of rotatable bonds is 2. The summed E-state index contributed by atoms with van der Waals surface area (Å²) in [5.74, 6) is -0.211. The van der Waals surface area contributed by atoms with Crippen LogP contribution in [0, 0.1) is 0 Å². The van der Waals surface area contributed by atoms with Crippen LogP contribution >= 0.6 is 0 Å². The SMILES string of the molecule is CCOC(C)=O.COC.OCCO. The normalized spacial score (nSPS) is 7.23. The van der Waals surface area contributed by atoms with Crippen molar-refractivity contribution in [3.8, 4) is 0 Å². The second kappa shape index (κ2) is 22.5. The Bertz CT molecular complexity index is 82.6. The van der Waals surface area contributed by atoms with Crippen LogP contribution in [0.2, 0.25) is 0 Å². The fourth-order valence-electron chi connectivity index (χ4n) is 0.203. The predicted molar refractivity (Wildman–Crippen MR) is 49.4 cm³/mol. The van der Waals surface area contributed by atoms with Crippen molar-refractivity contribution in [2.45, 2.75) is 13.8 Å². The molecule has 82 valence electrons. The van der Waals surface area contributed by atoms with Crippen molar-refractivity contribution in [3.63, 3.8) is 0 Å². The Morgan fingerprint density at radius 2 is 1.54 bits per heavy atom. The molecule has 0 aliphatic rings. The number of hydrogen-bond donors (Lipinski definition) is 2. The lowest BCUT2D eigenvalue weighted by Gasteiger charge is -1.89. The summed E-state index contributed by atoms with van der Waals surface area (Å²) in [5, 5.41) is 15.2. The molecule has 0 aromatic rings. The maximum atomic E-state index is 9.82. The Morgan fingerprint density at radius 1 is 1.23 bits per heavy atom. The van der Waals surface area contributed by atoms with Gasteiger partial charge in [0.15, 0.2) is 0 Å². The van der Waals surface area contributed by atoms with Crippen molar-refractivity contribution in [2.24, 2.45) is 0 Å². The molecule has 0 unspecified atom stereocenters. The van der Waals surface area contributed by atoms with Crippen molar-refractivity contribution >= 4 is 5.97 Å². The lowest BCUT2D eigenvalue weighted by molar-refractivity contribution is -0.140. The number of carbonyl (C=O) groups excluding carboxylic acids is 1. The molecule has 0 bridgehead atoms. The third-order valence-electron chi connectivity index (χ3n) is 0.448. The molecular weight excluding hydrogens is 176 g/mol. The molecule has 0 aromatic heterocycles. The van der Waals surface area contributed by atoms with Crippen molar-refractivity contribution in [3.05, 3.63) is 0 Å². The first-order valence-corrected chi connectivity index (χ1v) is 3.85. The molecule has 0 heterocycles. The average Bonchev–Trinajstić information content (AvgIpc) is 2.06. The zero-order valence-corrected chi connectivity index (χ0v) is 8.74. The highest BCUT2D eigenvalue weighted by molar-refractivity contribution is 5.65. The summed E-state index contributed by atoms with van der Waals surface area (Å²) in [6.45, 7) is 3.40. The number of esters is 1. The smallest absolute Gasteiger partial charge is 0.302 e. The minimum absolute atomic E-state index is 0.125. The first-order chi connectivity index (χ1) is 6.10. The van der Waals surface area contributed by atoms with Crippen molar-refractivity contribution in [1.82, 2.24) is 0 Å². The fraction of sp³-hybridized carbons (Fsp3) is 0.875. The Balaban J connectivity index is -0.000000125. The van der Waals surface area contributed by atoms with E-state index in [0.717, 1.165) is 0 Å². The molecule has 5 nitrogen and oxygen atoms in total. The van der Waals surface area contributed by atoms with E-state index < -0.39 is 0 Å². The predicted octanol–water partition coefficient (Wildman–Crippen LogP) is -0.197. The van der Waals surface area contributed by atoms with E-state index in [1.54, 1.807) is 21.1 Å². The number of aliphatic hydroxyl groups excluding tert-OH is 2. The van der Waals surface area contributed by atoms with Crippen LogP contribution in [0.3, 0.4) is 0 Å². The largest absolute Gasteiger partial charge is 0.466 e. The van der Waals surface area contributed by atoms with Gasteiger partial charge in [-0.3, -0.25) is 4.79 Å². The van der Waals surface area contributed by atoms with E-state index in [9.17, 15) is 4.79 Å². The molecule has 0 aromatic carbocycles. The topological polar surface area (TPSA) is 76.0 Å². The third kappa shape index (κ3) is 88.4.